The van der Waals surface area contributed by atoms with Crippen LogP contribution < -0.4 is 18.9 Å². The molecule has 8 heteroatoms. The third kappa shape index (κ3) is 14.0. The summed E-state index contributed by atoms with van der Waals surface area (Å²) in [6.45, 7) is 13.6. The van der Waals surface area contributed by atoms with Crippen molar-refractivity contribution in [2.45, 2.75) is 48.5 Å². The fourth-order valence-corrected chi connectivity index (χ4v) is 5.43. The van der Waals surface area contributed by atoms with Gasteiger partial charge < -0.3 is 18.9 Å². The van der Waals surface area contributed by atoms with Crippen molar-refractivity contribution in [3.63, 3.8) is 0 Å². The number of ether oxygens (including phenoxy) is 4. The smallest absolute Gasteiger partial charge is 0.343 e. The van der Waals surface area contributed by atoms with Crippen LogP contribution in [0.25, 0.3) is 0 Å². The first kappa shape index (κ1) is 44.5. The Bertz CT molecular complexity index is 2450. The molecule has 308 valence electrons. The molecule has 0 radical (unpaired) electrons. The van der Waals surface area contributed by atoms with Crippen molar-refractivity contribution in [3.05, 3.63) is 225 Å². The molecule has 0 fully saturated rings. The van der Waals surface area contributed by atoms with E-state index in [9.17, 15) is 19.2 Å². The Morgan fingerprint density at radius 1 is 0.279 bits per heavy atom. The molecule has 8 nitrogen and oxygen atoms in total. The van der Waals surface area contributed by atoms with Gasteiger partial charge in [-0.2, -0.15) is 0 Å². The van der Waals surface area contributed by atoms with E-state index < -0.39 is 11.9 Å². The Hall–Kier alpha value is -7.58. The third-order valence-corrected chi connectivity index (χ3v) is 9.17. The zero-order chi connectivity index (χ0) is 43.9. The van der Waals surface area contributed by atoms with Gasteiger partial charge in [0.1, 0.15) is 23.0 Å². The first-order chi connectivity index (χ1) is 29.2. The van der Waals surface area contributed by atoms with Crippen LogP contribution in [0.15, 0.2) is 164 Å². The molecule has 0 aliphatic carbocycles. The first-order valence-electron chi connectivity index (χ1n) is 19.6. The molecule has 0 aromatic heterocycles. The van der Waals surface area contributed by atoms with Gasteiger partial charge in [-0.05, 0) is 145 Å². The number of carbonyl (C=O) groups is 4. The van der Waals surface area contributed by atoms with Crippen LogP contribution in [-0.2, 0) is 0 Å². The predicted octanol–water partition coefficient (Wildman–Crippen LogP) is 12.1. The lowest BCUT2D eigenvalue weighted by Crippen LogP contribution is -2.10. The summed E-state index contributed by atoms with van der Waals surface area (Å²) in [5, 5.41) is 0. The largest absolute Gasteiger partial charge is 0.423 e. The van der Waals surface area contributed by atoms with Crippen molar-refractivity contribution in [2.75, 3.05) is 0 Å². The minimum atomic E-state index is -0.432. The van der Waals surface area contributed by atoms with E-state index in [0.717, 1.165) is 33.4 Å². The molecule has 0 spiro atoms. The average Bonchev–Trinajstić information content (AvgIpc) is 3.25. The highest BCUT2D eigenvalue weighted by Gasteiger charge is 2.14. The van der Waals surface area contributed by atoms with Crippen LogP contribution in [0.1, 0.15) is 80.4 Å². The average molecular weight is 813 g/mol. The van der Waals surface area contributed by atoms with Crippen molar-refractivity contribution in [3.8, 4) is 23.0 Å². The van der Waals surface area contributed by atoms with Gasteiger partial charge in [-0.1, -0.05) is 106 Å². The number of carbonyl (C=O) groups excluding carboxylic acids is 4. The van der Waals surface area contributed by atoms with Crippen molar-refractivity contribution in [1.82, 2.24) is 0 Å². The number of rotatable bonds is 8. The van der Waals surface area contributed by atoms with Gasteiger partial charge >= 0.3 is 23.9 Å². The fraction of sp³-hybridized carbons (Fsp3) is 0.132. The molecule has 7 aromatic carbocycles. The van der Waals surface area contributed by atoms with Crippen LogP contribution in [0.4, 0.5) is 0 Å². The van der Waals surface area contributed by atoms with E-state index in [-0.39, 0.29) is 11.9 Å². The minimum absolute atomic E-state index is 0.325. The second kappa shape index (κ2) is 21.4. The maximum Gasteiger partial charge on any atom is 0.343 e. The highest BCUT2D eigenvalue weighted by atomic mass is 16.5. The Morgan fingerprint density at radius 3 is 0.787 bits per heavy atom. The molecule has 7 aromatic rings. The summed E-state index contributed by atoms with van der Waals surface area (Å²) in [7, 11) is 0. The molecular weight excluding hydrogens is 765 g/mol. The van der Waals surface area contributed by atoms with Gasteiger partial charge in [0.2, 0.25) is 0 Å². The molecule has 0 amide bonds. The molecule has 7 rings (SSSR count). The van der Waals surface area contributed by atoms with E-state index in [0.29, 0.717) is 50.8 Å². The van der Waals surface area contributed by atoms with Gasteiger partial charge in [-0.3, -0.25) is 0 Å². The highest BCUT2D eigenvalue weighted by molar-refractivity contribution is 5.93. The highest BCUT2D eigenvalue weighted by Crippen LogP contribution is 2.25. The molecule has 0 heterocycles. The maximum atomic E-state index is 12.2. The van der Waals surface area contributed by atoms with Gasteiger partial charge in [-0.25, -0.2) is 19.2 Å². The van der Waals surface area contributed by atoms with Gasteiger partial charge in [-0.15, -0.1) is 0 Å². The lowest BCUT2D eigenvalue weighted by molar-refractivity contribution is 0.0718. The number of hydrogen-bond acceptors (Lipinski definition) is 8. The Labute approximate surface area is 357 Å². The summed E-state index contributed by atoms with van der Waals surface area (Å²) in [4.78, 5) is 48.0. The molecule has 0 aliphatic heterocycles. The Balaban J connectivity index is 0.000000181. The number of aryl methyl sites for hydroxylation is 7. The SMILES string of the molecule is Cc1ccc(C(=O)Oc2ccc(OC(=O)c3ccc(C)cc3)c(C)c2)cc1.Cc1ccc(OC(=O)c2ccc(C)cc2)cc1.Cc1ccc(OC(=O)c2ccc(C)cc2)cc1. The molecule has 0 atom stereocenters. The van der Waals surface area contributed by atoms with Crippen LogP contribution >= 0.6 is 0 Å². The second-order valence-corrected chi connectivity index (χ2v) is 14.6. The predicted molar refractivity (Wildman–Crippen MR) is 238 cm³/mol. The zero-order valence-corrected chi connectivity index (χ0v) is 35.4. The molecule has 0 bridgehead atoms. The summed E-state index contributed by atoms with van der Waals surface area (Å²) >= 11 is 0. The van der Waals surface area contributed by atoms with E-state index in [1.807, 2.05) is 114 Å². The molecular formula is C53H48O8. The minimum Gasteiger partial charge on any atom is -0.423 e. The van der Waals surface area contributed by atoms with Crippen LogP contribution in [0.3, 0.4) is 0 Å². The monoisotopic (exact) mass is 812 g/mol. The van der Waals surface area contributed by atoms with E-state index in [4.69, 9.17) is 18.9 Å². The van der Waals surface area contributed by atoms with Crippen molar-refractivity contribution >= 4 is 23.9 Å². The molecule has 0 saturated carbocycles. The topological polar surface area (TPSA) is 105 Å². The van der Waals surface area contributed by atoms with Crippen LogP contribution in [0, 0.1) is 48.5 Å². The maximum absolute atomic E-state index is 12.2. The van der Waals surface area contributed by atoms with E-state index >= 15 is 0 Å². The summed E-state index contributed by atoms with van der Waals surface area (Å²) in [6.07, 6.45) is 0. The van der Waals surface area contributed by atoms with Gasteiger partial charge in [0.25, 0.3) is 0 Å². The van der Waals surface area contributed by atoms with Gasteiger partial charge in [0.05, 0.1) is 22.3 Å². The molecule has 0 unspecified atom stereocenters. The van der Waals surface area contributed by atoms with Crippen LogP contribution in [0.5, 0.6) is 23.0 Å². The number of esters is 4. The standard InChI is InChI=1S/C23H20O4.2C15H14O2/c1-15-4-8-18(9-5-15)22(24)26-20-12-13-21(17(3)14-20)27-23(25)19-10-6-16(2)7-11-19;2*1-11-3-7-13(8-4-11)15(16)17-14-9-5-12(2)6-10-14/h4-14H,1-3H3;2*3-10H,1-2H3. The normalized spacial score (nSPS) is 10.1. The lowest BCUT2D eigenvalue weighted by Gasteiger charge is -2.10. The second-order valence-electron chi connectivity index (χ2n) is 14.6. The van der Waals surface area contributed by atoms with Crippen molar-refractivity contribution < 1.29 is 38.1 Å². The van der Waals surface area contributed by atoms with Gasteiger partial charge in [0, 0.05) is 0 Å². The summed E-state index contributed by atoms with van der Waals surface area (Å²) < 4.78 is 21.4. The lowest BCUT2D eigenvalue weighted by atomic mass is 10.1. The Morgan fingerprint density at radius 2 is 0.508 bits per heavy atom. The third-order valence-electron chi connectivity index (χ3n) is 9.17. The van der Waals surface area contributed by atoms with Crippen LogP contribution in [-0.4, -0.2) is 23.9 Å². The van der Waals surface area contributed by atoms with E-state index in [2.05, 4.69) is 0 Å². The first-order valence-corrected chi connectivity index (χ1v) is 19.6. The van der Waals surface area contributed by atoms with Gasteiger partial charge in [0.15, 0.2) is 0 Å². The molecule has 0 N–H and O–H groups in total. The van der Waals surface area contributed by atoms with E-state index in [1.165, 1.54) is 0 Å². The Kier molecular flexibility index (Phi) is 15.6. The van der Waals surface area contributed by atoms with Crippen LogP contribution in [0.2, 0.25) is 0 Å². The number of benzene rings is 7. The molecule has 0 saturated heterocycles. The molecule has 0 aliphatic rings. The summed E-state index contributed by atoms with van der Waals surface area (Å²) in [5.41, 5.74) is 9.46. The summed E-state index contributed by atoms with van der Waals surface area (Å²) in [6, 6.07) is 48.7. The number of hydrogen-bond donors (Lipinski definition) is 0. The zero-order valence-electron chi connectivity index (χ0n) is 35.4. The van der Waals surface area contributed by atoms with E-state index in [1.54, 1.807) is 97.9 Å². The summed E-state index contributed by atoms with van der Waals surface area (Å²) in [5.74, 6) is 0.454. The molecule has 61 heavy (non-hydrogen) atoms. The van der Waals surface area contributed by atoms with Crippen molar-refractivity contribution in [2.24, 2.45) is 0 Å². The fourth-order valence-electron chi connectivity index (χ4n) is 5.43. The quantitative estimate of drug-likeness (QED) is 0.110. The van der Waals surface area contributed by atoms with Crippen molar-refractivity contribution in [1.29, 1.82) is 0 Å².